The summed E-state index contributed by atoms with van der Waals surface area (Å²) >= 11 is 0.262. The number of nitrogen functional groups attached to an aromatic ring is 1. The Balaban J connectivity index is 1.80. The number of fused-ring (bicyclic) bond motifs is 1. The number of rotatable bonds is 4. The van der Waals surface area contributed by atoms with Gasteiger partial charge >= 0.3 is 6.18 Å². The molecule has 1 aliphatic carbocycles. The fourth-order valence-electron chi connectivity index (χ4n) is 3.81. The lowest BCUT2D eigenvalue weighted by Crippen LogP contribution is -2.58. The van der Waals surface area contributed by atoms with E-state index >= 15 is 0 Å². The number of halogens is 3. The van der Waals surface area contributed by atoms with Crippen molar-refractivity contribution >= 4 is 28.3 Å². The average molecular weight is 405 g/mol. The van der Waals surface area contributed by atoms with Crippen LogP contribution in [0.3, 0.4) is 0 Å². The number of aromatic nitrogens is 1. The molecule has 3 heterocycles. The molecule has 1 aromatic heterocycles. The van der Waals surface area contributed by atoms with Gasteiger partial charge in [0.05, 0.1) is 18.1 Å². The van der Waals surface area contributed by atoms with Crippen LogP contribution in [-0.4, -0.2) is 64.9 Å². The van der Waals surface area contributed by atoms with E-state index < -0.39 is 22.7 Å². The molecule has 2 aliphatic heterocycles. The van der Waals surface area contributed by atoms with Gasteiger partial charge in [0.1, 0.15) is 4.88 Å². The predicted molar refractivity (Wildman–Crippen MR) is 94.1 cm³/mol. The van der Waals surface area contributed by atoms with E-state index in [1.165, 1.54) is 4.90 Å². The zero-order chi connectivity index (χ0) is 20.3. The van der Waals surface area contributed by atoms with Crippen molar-refractivity contribution in [1.82, 2.24) is 20.1 Å². The third-order valence-corrected chi connectivity index (χ3v) is 6.54. The lowest BCUT2D eigenvalue weighted by atomic mass is 9.77. The van der Waals surface area contributed by atoms with Gasteiger partial charge in [0.2, 0.25) is 5.91 Å². The Morgan fingerprint density at radius 3 is 2.59 bits per heavy atom. The number of hydrogen-bond donors (Lipinski definition) is 2. The molecule has 11 heteroatoms. The van der Waals surface area contributed by atoms with Crippen LogP contribution in [0.2, 0.25) is 0 Å². The summed E-state index contributed by atoms with van der Waals surface area (Å²) in [6, 6.07) is -1.23. The van der Waals surface area contributed by atoms with Gasteiger partial charge in [-0.25, -0.2) is 4.98 Å². The second-order valence-electron chi connectivity index (χ2n) is 7.32. The van der Waals surface area contributed by atoms with Gasteiger partial charge in [0, 0.05) is 12.0 Å². The monoisotopic (exact) mass is 405 g/mol. The van der Waals surface area contributed by atoms with Crippen LogP contribution < -0.4 is 11.1 Å². The third kappa shape index (κ3) is 3.27. The molecule has 1 aromatic rings. The number of carbonyl (C=O) groups is 2. The molecule has 3 aliphatic rings. The fraction of sp³-hybridized carbons (Fsp3) is 0.688. The van der Waals surface area contributed by atoms with E-state index in [1.54, 1.807) is 32.8 Å². The van der Waals surface area contributed by atoms with Crippen molar-refractivity contribution in [2.45, 2.75) is 50.6 Å². The zero-order valence-electron chi connectivity index (χ0n) is 15.4. The number of nitrogens with zero attached hydrogens (tertiary/aromatic N) is 3. The number of amides is 2. The maximum atomic E-state index is 13.2. The Hall–Kier alpha value is -1.88. The minimum Gasteiger partial charge on any atom is -0.375 e. The predicted octanol–water partition coefficient (Wildman–Crippen LogP) is 1.41. The molecule has 4 rings (SSSR count). The van der Waals surface area contributed by atoms with E-state index in [2.05, 4.69) is 10.3 Å². The first-order chi connectivity index (χ1) is 12.4. The van der Waals surface area contributed by atoms with Crippen LogP contribution in [-0.2, 0) is 11.0 Å². The normalized spacial score (nSPS) is 28.2. The van der Waals surface area contributed by atoms with Crippen LogP contribution in [0.25, 0.3) is 0 Å². The maximum Gasteiger partial charge on any atom is 0.428 e. The van der Waals surface area contributed by atoms with Crippen molar-refractivity contribution in [1.29, 1.82) is 0 Å². The van der Waals surface area contributed by atoms with Crippen LogP contribution in [0, 0.1) is 5.92 Å². The summed E-state index contributed by atoms with van der Waals surface area (Å²) in [6.07, 6.45) is -4.05. The van der Waals surface area contributed by atoms with Crippen molar-refractivity contribution in [2.75, 3.05) is 19.8 Å². The Kier molecular flexibility index (Phi) is 4.87. The van der Waals surface area contributed by atoms with Crippen molar-refractivity contribution in [3.8, 4) is 0 Å². The van der Waals surface area contributed by atoms with E-state index in [1.807, 2.05) is 0 Å². The molecule has 27 heavy (non-hydrogen) atoms. The number of carbonyl (C=O) groups excluding carboxylic acids is 2. The van der Waals surface area contributed by atoms with Gasteiger partial charge in [-0.05, 0) is 34.4 Å². The van der Waals surface area contributed by atoms with Gasteiger partial charge in [0.25, 0.3) is 5.91 Å². The second-order valence-corrected chi connectivity index (χ2v) is 8.35. The first kappa shape index (κ1) is 19.9. The number of hydrogen-bond acceptors (Lipinski definition) is 6. The highest BCUT2D eigenvalue weighted by molar-refractivity contribution is 7.15. The molecular formula is C16H22F3N5O2S. The van der Waals surface area contributed by atoms with E-state index in [0.717, 1.165) is 0 Å². The third-order valence-electron chi connectivity index (χ3n) is 5.61. The van der Waals surface area contributed by atoms with Gasteiger partial charge in [0.15, 0.2) is 10.8 Å². The number of alkyl halides is 3. The summed E-state index contributed by atoms with van der Waals surface area (Å²) in [7, 11) is 3.56. The number of nitrogens with one attached hydrogen (secondary N) is 1. The SMILES string of the molecule is C[C@@H](C(=O)N[C@@H]1[C@H]2C[C@@H]1N(C(=O)c1nc(N)sc1C(F)(F)F)[C@H]2C)N(C)C. The van der Waals surface area contributed by atoms with E-state index in [-0.39, 0.29) is 52.5 Å². The molecular weight excluding hydrogens is 383 g/mol. The maximum absolute atomic E-state index is 13.2. The van der Waals surface area contributed by atoms with Crippen LogP contribution in [0.15, 0.2) is 0 Å². The Labute approximate surface area is 158 Å². The fourth-order valence-corrected chi connectivity index (χ4v) is 4.50. The highest BCUT2D eigenvalue weighted by atomic mass is 32.1. The highest BCUT2D eigenvalue weighted by Gasteiger charge is 2.59. The topological polar surface area (TPSA) is 91.6 Å². The Morgan fingerprint density at radius 1 is 1.41 bits per heavy atom. The average Bonchev–Trinajstić information content (AvgIpc) is 3.18. The molecule has 0 radical (unpaired) electrons. The van der Waals surface area contributed by atoms with E-state index in [9.17, 15) is 22.8 Å². The molecule has 2 bridgehead atoms. The van der Waals surface area contributed by atoms with Gasteiger partial charge in [-0.15, -0.1) is 0 Å². The second kappa shape index (κ2) is 6.62. The van der Waals surface area contributed by atoms with E-state index in [4.69, 9.17) is 5.73 Å². The lowest BCUT2D eigenvalue weighted by Gasteiger charge is -2.37. The minimum atomic E-state index is -4.69. The molecule has 7 nitrogen and oxygen atoms in total. The summed E-state index contributed by atoms with van der Waals surface area (Å²) in [6.45, 7) is 3.54. The van der Waals surface area contributed by atoms with E-state index in [0.29, 0.717) is 6.42 Å². The molecule has 150 valence electrons. The number of anilines is 1. The van der Waals surface area contributed by atoms with Gasteiger partial charge in [-0.1, -0.05) is 11.3 Å². The number of likely N-dealkylation sites (N-methyl/N-ethyl adjacent to an activating group) is 1. The van der Waals surface area contributed by atoms with Crippen molar-refractivity contribution in [3.63, 3.8) is 0 Å². The molecule has 3 N–H and O–H groups in total. The molecule has 3 fully saturated rings. The quantitative estimate of drug-likeness (QED) is 0.791. The summed E-state index contributed by atoms with van der Waals surface area (Å²) in [5.74, 6) is -0.939. The van der Waals surface area contributed by atoms with Crippen molar-refractivity contribution in [2.24, 2.45) is 5.92 Å². The summed E-state index contributed by atoms with van der Waals surface area (Å²) < 4.78 is 39.6. The van der Waals surface area contributed by atoms with Gasteiger partial charge < -0.3 is 16.0 Å². The van der Waals surface area contributed by atoms with Gasteiger partial charge in [-0.2, -0.15) is 13.2 Å². The number of nitrogens with two attached hydrogens (primary N) is 1. The number of thiazole rings is 1. The largest absolute Gasteiger partial charge is 0.428 e. The Bertz CT molecular complexity index is 766. The molecule has 1 saturated carbocycles. The first-order valence-electron chi connectivity index (χ1n) is 8.56. The van der Waals surface area contributed by atoms with Crippen LogP contribution in [0.4, 0.5) is 18.3 Å². The summed E-state index contributed by atoms with van der Waals surface area (Å²) in [4.78, 5) is 30.9. The molecule has 5 atom stereocenters. The summed E-state index contributed by atoms with van der Waals surface area (Å²) in [5.41, 5.74) is 4.77. The smallest absolute Gasteiger partial charge is 0.375 e. The molecule has 0 aromatic carbocycles. The van der Waals surface area contributed by atoms with Crippen molar-refractivity contribution < 1.29 is 22.8 Å². The van der Waals surface area contributed by atoms with Gasteiger partial charge in [-0.3, -0.25) is 14.5 Å². The minimum absolute atomic E-state index is 0.0163. The summed E-state index contributed by atoms with van der Waals surface area (Å²) in [5, 5.41) is 2.64. The first-order valence-corrected chi connectivity index (χ1v) is 9.38. The highest BCUT2D eigenvalue weighted by Crippen LogP contribution is 2.47. The molecule has 2 amide bonds. The van der Waals surface area contributed by atoms with Crippen LogP contribution in [0.5, 0.6) is 0 Å². The molecule has 2 saturated heterocycles. The standard InChI is InChI=1S/C16H22F3N5O2S/c1-6-8-5-9(10(8)21-13(25)7(2)23(3)4)24(6)14(26)11-12(16(17,18)19)27-15(20)22-11/h6-10H,5H2,1-4H3,(H2,20,22)(H,21,25)/t6-,7-,8-,9-,10+/m0/s1. The van der Waals surface area contributed by atoms with Crippen LogP contribution >= 0.6 is 11.3 Å². The zero-order valence-corrected chi connectivity index (χ0v) is 16.2. The Morgan fingerprint density at radius 2 is 2.04 bits per heavy atom. The molecule has 0 unspecified atom stereocenters. The lowest BCUT2D eigenvalue weighted by molar-refractivity contribution is -0.135. The van der Waals surface area contributed by atoms with Crippen molar-refractivity contribution in [3.05, 3.63) is 10.6 Å². The molecule has 0 spiro atoms. The van der Waals surface area contributed by atoms with Crippen LogP contribution in [0.1, 0.15) is 35.6 Å².